The van der Waals surface area contributed by atoms with Crippen LogP contribution in [0.15, 0.2) is 48.0 Å². The number of nitrogens with zero attached hydrogens (tertiary/aromatic N) is 1. The van der Waals surface area contributed by atoms with Crippen molar-refractivity contribution < 1.29 is 4.74 Å². The van der Waals surface area contributed by atoms with E-state index in [9.17, 15) is 0 Å². The third-order valence-corrected chi connectivity index (χ3v) is 5.24. The smallest absolute Gasteiger partial charge is 0.127 e. The Morgan fingerprint density at radius 2 is 2.04 bits per heavy atom. The number of fused-ring (bicyclic) bond motifs is 2. The Labute approximate surface area is 144 Å². The zero-order valence-corrected chi connectivity index (χ0v) is 14.3. The third-order valence-electron chi connectivity index (χ3n) is 4.59. The van der Waals surface area contributed by atoms with Crippen LogP contribution >= 0.6 is 15.9 Å². The van der Waals surface area contributed by atoms with Gasteiger partial charge in [-0.2, -0.15) is 5.26 Å². The molecule has 2 aliphatic rings. The zero-order valence-electron chi connectivity index (χ0n) is 12.7. The molecule has 1 atom stereocenters. The van der Waals surface area contributed by atoms with E-state index >= 15 is 0 Å². The Bertz CT molecular complexity index is 847. The molecule has 1 heterocycles. The van der Waals surface area contributed by atoms with E-state index in [1.807, 2.05) is 12.1 Å². The predicted octanol–water partition coefficient (Wildman–Crippen LogP) is 5.21. The van der Waals surface area contributed by atoms with Gasteiger partial charge in [-0.15, -0.1) is 0 Å². The minimum atomic E-state index is 0.407. The summed E-state index contributed by atoms with van der Waals surface area (Å²) in [6.07, 6.45) is 1.63. The van der Waals surface area contributed by atoms with E-state index in [-0.39, 0.29) is 0 Å². The molecule has 114 valence electrons. The summed E-state index contributed by atoms with van der Waals surface area (Å²) in [7, 11) is 0. The van der Waals surface area contributed by atoms with Crippen molar-refractivity contribution in [1.29, 1.82) is 5.26 Å². The number of benzene rings is 2. The lowest BCUT2D eigenvalue weighted by Gasteiger charge is -2.11. The van der Waals surface area contributed by atoms with E-state index in [0.29, 0.717) is 18.9 Å². The molecule has 1 fully saturated rings. The Morgan fingerprint density at radius 1 is 1.17 bits per heavy atom. The van der Waals surface area contributed by atoms with Gasteiger partial charge in [-0.25, -0.2) is 0 Å². The van der Waals surface area contributed by atoms with E-state index in [1.165, 1.54) is 27.8 Å². The first-order valence-electron chi connectivity index (χ1n) is 7.82. The topological polar surface area (TPSA) is 33.0 Å². The molecule has 0 spiro atoms. The highest BCUT2D eigenvalue weighted by atomic mass is 79.9. The number of rotatable bonds is 2. The molecular formula is C20H16BrNO. The molecule has 0 bridgehead atoms. The molecular weight excluding hydrogens is 350 g/mol. The standard InChI is InChI=1S/C20H16BrNO/c21-11-13-5-6-16-15(9-13)12-23-19-4-2-1-3-17(19)20(16)18-10-14(18)7-8-22/h1-6,9,14H,7,10-12H2/b20-18+. The highest BCUT2D eigenvalue weighted by molar-refractivity contribution is 9.08. The van der Waals surface area contributed by atoms with E-state index in [1.54, 1.807) is 0 Å². The molecule has 2 aromatic carbocycles. The second-order valence-corrected chi connectivity index (χ2v) is 6.63. The van der Waals surface area contributed by atoms with Gasteiger partial charge in [0.2, 0.25) is 0 Å². The van der Waals surface area contributed by atoms with Gasteiger partial charge in [0.25, 0.3) is 0 Å². The van der Waals surface area contributed by atoms with Crippen molar-refractivity contribution in [1.82, 2.24) is 0 Å². The number of hydrogen-bond donors (Lipinski definition) is 0. The first-order valence-corrected chi connectivity index (χ1v) is 8.94. The van der Waals surface area contributed by atoms with Crippen LogP contribution in [-0.4, -0.2) is 0 Å². The summed E-state index contributed by atoms with van der Waals surface area (Å²) in [5.41, 5.74) is 7.59. The molecule has 1 saturated carbocycles. The summed E-state index contributed by atoms with van der Waals surface area (Å²) in [6, 6.07) is 17.2. The van der Waals surface area contributed by atoms with Crippen molar-refractivity contribution in [3.8, 4) is 11.8 Å². The molecule has 1 aliphatic carbocycles. The van der Waals surface area contributed by atoms with Gasteiger partial charge in [0.15, 0.2) is 0 Å². The normalized spacial score (nSPS) is 21.5. The fraction of sp³-hybridized carbons (Fsp3) is 0.250. The number of allylic oxidation sites excluding steroid dienone is 1. The van der Waals surface area contributed by atoms with E-state index in [0.717, 1.165) is 23.1 Å². The van der Waals surface area contributed by atoms with Crippen LogP contribution < -0.4 is 4.74 Å². The molecule has 23 heavy (non-hydrogen) atoms. The Balaban J connectivity index is 1.92. The number of nitriles is 1. The fourth-order valence-electron chi connectivity index (χ4n) is 3.36. The molecule has 0 saturated heterocycles. The van der Waals surface area contributed by atoms with E-state index in [4.69, 9.17) is 10.00 Å². The maximum Gasteiger partial charge on any atom is 0.127 e. The number of para-hydroxylation sites is 1. The van der Waals surface area contributed by atoms with Gasteiger partial charge in [-0.05, 0) is 40.7 Å². The van der Waals surface area contributed by atoms with Crippen molar-refractivity contribution in [3.05, 3.63) is 70.3 Å². The average Bonchev–Trinajstić information content (AvgIpc) is 3.35. The van der Waals surface area contributed by atoms with Crippen molar-refractivity contribution >= 4 is 21.5 Å². The van der Waals surface area contributed by atoms with Crippen LogP contribution in [0.5, 0.6) is 5.75 Å². The Morgan fingerprint density at radius 3 is 2.87 bits per heavy atom. The summed E-state index contributed by atoms with van der Waals surface area (Å²) in [6.45, 7) is 0.590. The number of hydrogen-bond acceptors (Lipinski definition) is 2. The Hall–Kier alpha value is -2.05. The van der Waals surface area contributed by atoms with Gasteiger partial charge in [0, 0.05) is 17.3 Å². The summed E-state index contributed by atoms with van der Waals surface area (Å²) in [5.74, 6) is 1.35. The largest absolute Gasteiger partial charge is 0.488 e. The molecule has 0 radical (unpaired) electrons. The second kappa shape index (κ2) is 5.86. The fourth-order valence-corrected chi connectivity index (χ4v) is 3.71. The molecule has 0 amide bonds. The molecule has 1 unspecified atom stereocenters. The average molecular weight is 366 g/mol. The lowest BCUT2D eigenvalue weighted by atomic mass is 9.92. The number of ether oxygens (including phenoxy) is 1. The Kier molecular flexibility index (Phi) is 3.71. The summed E-state index contributed by atoms with van der Waals surface area (Å²) < 4.78 is 6.06. The molecule has 0 N–H and O–H groups in total. The van der Waals surface area contributed by atoms with Crippen LogP contribution in [0.25, 0.3) is 5.57 Å². The zero-order chi connectivity index (χ0) is 15.8. The quantitative estimate of drug-likeness (QED) is 0.684. The van der Waals surface area contributed by atoms with Crippen molar-refractivity contribution in [2.75, 3.05) is 0 Å². The minimum absolute atomic E-state index is 0.407. The van der Waals surface area contributed by atoms with Crippen LogP contribution in [0.2, 0.25) is 0 Å². The van der Waals surface area contributed by atoms with Crippen LogP contribution in [0.1, 0.15) is 35.1 Å². The van der Waals surface area contributed by atoms with Gasteiger partial charge in [-0.3, -0.25) is 0 Å². The molecule has 0 aromatic heterocycles. The second-order valence-electron chi connectivity index (χ2n) is 6.07. The lowest BCUT2D eigenvalue weighted by Crippen LogP contribution is -1.97. The molecule has 1 aliphatic heterocycles. The van der Waals surface area contributed by atoms with Gasteiger partial charge in [0.05, 0.1) is 6.07 Å². The van der Waals surface area contributed by atoms with Crippen LogP contribution in [0, 0.1) is 17.2 Å². The highest BCUT2D eigenvalue weighted by Gasteiger charge is 2.35. The van der Waals surface area contributed by atoms with Gasteiger partial charge >= 0.3 is 0 Å². The van der Waals surface area contributed by atoms with Crippen molar-refractivity contribution in [2.45, 2.75) is 24.8 Å². The summed E-state index contributed by atoms with van der Waals surface area (Å²) in [4.78, 5) is 0. The SMILES string of the molecule is N#CCC1C/C1=C1/c2ccc(CBr)cc2COc2ccccc21. The number of halogens is 1. The van der Waals surface area contributed by atoms with Gasteiger partial charge < -0.3 is 4.74 Å². The number of alkyl halides is 1. The van der Waals surface area contributed by atoms with Crippen molar-refractivity contribution in [3.63, 3.8) is 0 Å². The molecule has 4 rings (SSSR count). The van der Waals surface area contributed by atoms with Crippen LogP contribution in [0.4, 0.5) is 0 Å². The predicted molar refractivity (Wildman–Crippen MR) is 94.2 cm³/mol. The summed E-state index contributed by atoms with van der Waals surface area (Å²) >= 11 is 3.53. The first kappa shape index (κ1) is 14.5. The van der Waals surface area contributed by atoms with E-state index in [2.05, 4.69) is 52.3 Å². The third kappa shape index (κ3) is 2.58. The molecule has 2 nitrogen and oxygen atoms in total. The van der Waals surface area contributed by atoms with Gasteiger partial charge in [-0.1, -0.05) is 57.9 Å². The van der Waals surface area contributed by atoms with E-state index < -0.39 is 0 Å². The minimum Gasteiger partial charge on any atom is -0.488 e. The van der Waals surface area contributed by atoms with Crippen LogP contribution in [0.3, 0.4) is 0 Å². The maximum absolute atomic E-state index is 9.00. The van der Waals surface area contributed by atoms with Crippen LogP contribution in [-0.2, 0) is 11.9 Å². The monoisotopic (exact) mass is 365 g/mol. The lowest BCUT2D eigenvalue weighted by molar-refractivity contribution is 0.307. The maximum atomic E-state index is 9.00. The van der Waals surface area contributed by atoms with Crippen molar-refractivity contribution in [2.24, 2.45) is 5.92 Å². The summed E-state index contributed by atoms with van der Waals surface area (Å²) in [5, 5.41) is 9.85. The van der Waals surface area contributed by atoms with Gasteiger partial charge in [0.1, 0.15) is 12.4 Å². The molecule has 2 aromatic rings. The highest BCUT2D eigenvalue weighted by Crippen LogP contribution is 2.50. The first-order chi connectivity index (χ1) is 11.3. The molecule has 3 heteroatoms.